The van der Waals surface area contributed by atoms with E-state index in [-0.39, 0.29) is 0 Å². The number of anilines is 1. The summed E-state index contributed by atoms with van der Waals surface area (Å²) in [4.78, 5) is 0. The topological polar surface area (TPSA) is 3.24 Å². The van der Waals surface area contributed by atoms with Crippen molar-refractivity contribution in [3.8, 4) is 0 Å². The molecule has 0 bridgehead atoms. The fourth-order valence-electron chi connectivity index (χ4n) is 1.06. The lowest BCUT2D eigenvalue weighted by Gasteiger charge is -2.15. The first-order valence-electron chi connectivity index (χ1n) is 3.63. The van der Waals surface area contributed by atoms with Crippen LogP contribution >= 0.6 is 18.8 Å². The largest absolute Gasteiger partial charge is 0.341 e. The van der Waals surface area contributed by atoms with Gasteiger partial charge in [0.1, 0.15) is 0 Å². The van der Waals surface area contributed by atoms with Gasteiger partial charge in [-0.15, -0.1) is 0 Å². The predicted octanol–water partition coefficient (Wildman–Crippen LogP) is 2.64. The van der Waals surface area contributed by atoms with Crippen molar-refractivity contribution in [2.75, 3.05) is 4.44 Å². The van der Waals surface area contributed by atoms with Crippen molar-refractivity contribution >= 4 is 24.5 Å². The van der Waals surface area contributed by atoms with E-state index in [2.05, 4.69) is 50.0 Å². The van der Waals surface area contributed by atoms with Gasteiger partial charge in [-0.05, 0) is 36.8 Å². The van der Waals surface area contributed by atoms with Gasteiger partial charge >= 0.3 is 0 Å². The maximum absolute atomic E-state index is 2.63. The van der Waals surface area contributed by atoms with E-state index in [1.54, 1.807) is 0 Å². The number of para-hydroxylation sites is 1. The minimum absolute atomic E-state index is 1.08. The molecule has 0 saturated heterocycles. The zero-order valence-corrected chi connectivity index (χ0v) is 8.93. The molecule has 2 unspecified atom stereocenters. The Morgan fingerprint density at radius 3 is 2.36 bits per heavy atom. The molecule has 0 fully saturated rings. The van der Waals surface area contributed by atoms with Crippen LogP contribution in [0.1, 0.15) is 12.5 Å². The Balaban J connectivity index is 3.02. The molecular formula is C8H13NP2. The normalized spacial score (nSPS) is 9.73. The summed E-state index contributed by atoms with van der Waals surface area (Å²) in [6, 6.07) is 8.38. The third-order valence-electron chi connectivity index (χ3n) is 1.65. The Labute approximate surface area is 72.7 Å². The van der Waals surface area contributed by atoms with Crippen molar-refractivity contribution in [1.29, 1.82) is 0 Å². The Morgan fingerprint density at radius 2 is 1.91 bits per heavy atom. The lowest BCUT2D eigenvalue weighted by molar-refractivity contribution is 1.14. The molecule has 1 aromatic rings. The zero-order valence-electron chi connectivity index (χ0n) is 6.62. The Morgan fingerprint density at radius 1 is 1.27 bits per heavy atom. The van der Waals surface area contributed by atoms with E-state index in [1.807, 2.05) is 4.44 Å². The standard InChI is InChI=1S/C8H13NP2/c1-2-7-5-3-4-6-8(7)9(10)11/h3-6H,2,10-11H2,1H3. The first-order valence-corrected chi connectivity index (χ1v) is 4.66. The van der Waals surface area contributed by atoms with Crippen LogP contribution in [0, 0.1) is 0 Å². The number of aryl methyl sites for hydroxylation is 1. The van der Waals surface area contributed by atoms with Gasteiger partial charge in [-0.1, -0.05) is 25.1 Å². The second-order valence-electron chi connectivity index (χ2n) is 2.39. The first-order chi connectivity index (χ1) is 5.25. The first kappa shape index (κ1) is 8.97. The third kappa shape index (κ3) is 2.15. The van der Waals surface area contributed by atoms with Crippen molar-refractivity contribution in [2.24, 2.45) is 0 Å². The minimum Gasteiger partial charge on any atom is -0.341 e. The Kier molecular flexibility index (Phi) is 3.30. The summed E-state index contributed by atoms with van der Waals surface area (Å²) < 4.78 is 1.98. The SMILES string of the molecule is CCc1ccccc1N(P)P. The lowest BCUT2D eigenvalue weighted by Crippen LogP contribution is -1.94. The van der Waals surface area contributed by atoms with Crippen LogP contribution in [0.5, 0.6) is 0 Å². The van der Waals surface area contributed by atoms with E-state index in [4.69, 9.17) is 0 Å². The van der Waals surface area contributed by atoms with Crippen molar-refractivity contribution in [3.63, 3.8) is 0 Å². The molecule has 0 amide bonds. The highest BCUT2D eigenvalue weighted by molar-refractivity contribution is 7.39. The van der Waals surface area contributed by atoms with Crippen molar-refractivity contribution in [1.82, 2.24) is 0 Å². The maximum Gasteiger partial charge on any atom is 0.0455 e. The van der Waals surface area contributed by atoms with Crippen LogP contribution in [0.15, 0.2) is 24.3 Å². The summed E-state index contributed by atoms with van der Waals surface area (Å²) in [6.45, 7) is 2.16. The van der Waals surface area contributed by atoms with E-state index >= 15 is 0 Å². The van der Waals surface area contributed by atoms with E-state index in [9.17, 15) is 0 Å². The molecule has 0 radical (unpaired) electrons. The number of benzene rings is 1. The molecule has 0 aliphatic carbocycles. The molecule has 0 aliphatic heterocycles. The highest BCUT2D eigenvalue weighted by Gasteiger charge is 1.99. The molecular weight excluding hydrogens is 172 g/mol. The maximum atomic E-state index is 2.63. The lowest BCUT2D eigenvalue weighted by atomic mass is 10.1. The third-order valence-corrected chi connectivity index (χ3v) is 2.21. The minimum atomic E-state index is 1.08. The van der Waals surface area contributed by atoms with Gasteiger partial charge in [-0.25, -0.2) is 0 Å². The highest BCUT2D eigenvalue weighted by Crippen LogP contribution is 2.26. The van der Waals surface area contributed by atoms with Crippen molar-refractivity contribution < 1.29 is 0 Å². The molecule has 1 aromatic carbocycles. The second kappa shape index (κ2) is 4.04. The van der Waals surface area contributed by atoms with Gasteiger partial charge in [0.15, 0.2) is 0 Å². The molecule has 0 saturated carbocycles. The molecule has 1 rings (SSSR count). The Hall–Kier alpha value is -0.120. The molecule has 1 nitrogen and oxygen atoms in total. The average Bonchev–Trinajstić information content (AvgIpc) is 2.04. The monoisotopic (exact) mass is 185 g/mol. The summed E-state index contributed by atoms with van der Waals surface area (Å²) in [7, 11) is 5.26. The van der Waals surface area contributed by atoms with Crippen LogP contribution in [0.4, 0.5) is 5.69 Å². The van der Waals surface area contributed by atoms with Gasteiger partial charge < -0.3 is 4.44 Å². The smallest absolute Gasteiger partial charge is 0.0455 e. The van der Waals surface area contributed by atoms with E-state index in [1.165, 1.54) is 11.3 Å². The zero-order chi connectivity index (χ0) is 8.27. The number of nitrogens with zero attached hydrogens (tertiary/aromatic N) is 1. The van der Waals surface area contributed by atoms with Crippen molar-refractivity contribution in [2.45, 2.75) is 13.3 Å². The molecule has 0 N–H and O–H groups in total. The van der Waals surface area contributed by atoms with E-state index < -0.39 is 0 Å². The van der Waals surface area contributed by atoms with Gasteiger partial charge in [0.2, 0.25) is 0 Å². The van der Waals surface area contributed by atoms with Crippen LogP contribution < -0.4 is 4.44 Å². The fraction of sp³-hybridized carbons (Fsp3) is 0.250. The molecule has 0 aromatic heterocycles. The van der Waals surface area contributed by atoms with Crippen LogP contribution in [-0.4, -0.2) is 0 Å². The Bertz CT molecular complexity index is 235. The molecule has 0 heterocycles. The predicted molar refractivity (Wildman–Crippen MR) is 57.7 cm³/mol. The molecule has 3 heteroatoms. The number of hydrogen-bond donors (Lipinski definition) is 0. The summed E-state index contributed by atoms with van der Waals surface area (Å²) in [5.41, 5.74) is 2.63. The van der Waals surface area contributed by atoms with Gasteiger partial charge in [0, 0.05) is 5.69 Å². The molecule has 11 heavy (non-hydrogen) atoms. The molecule has 0 aliphatic rings. The van der Waals surface area contributed by atoms with Gasteiger partial charge in [0.25, 0.3) is 0 Å². The quantitative estimate of drug-likeness (QED) is 0.640. The number of rotatable bonds is 2. The van der Waals surface area contributed by atoms with Gasteiger partial charge in [-0.2, -0.15) is 0 Å². The van der Waals surface area contributed by atoms with Crippen LogP contribution in [0.3, 0.4) is 0 Å². The fourth-order valence-corrected chi connectivity index (χ4v) is 1.57. The molecule has 60 valence electrons. The van der Waals surface area contributed by atoms with Crippen LogP contribution in [0.2, 0.25) is 0 Å². The van der Waals surface area contributed by atoms with E-state index in [0.717, 1.165) is 6.42 Å². The number of hydrogen-bond acceptors (Lipinski definition) is 1. The highest BCUT2D eigenvalue weighted by atomic mass is 31.1. The summed E-state index contributed by atoms with van der Waals surface area (Å²) in [5, 5.41) is 0. The second-order valence-corrected chi connectivity index (χ2v) is 4.10. The summed E-state index contributed by atoms with van der Waals surface area (Å²) >= 11 is 0. The van der Waals surface area contributed by atoms with Crippen LogP contribution in [-0.2, 0) is 6.42 Å². The van der Waals surface area contributed by atoms with E-state index in [0.29, 0.717) is 0 Å². The van der Waals surface area contributed by atoms with Crippen molar-refractivity contribution in [3.05, 3.63) is 29.8 Å². The summed E-state index contributed by atoms with van der Waals surface area (Å²) in [5.74, 6) is 0. The summed E-state index contributed by atoms with van der Waals surface area (Å²) in [6.07, 6.45) is 1.08. The molecule has 0 spiro atoms. The van der Waals surface area contributed by atoms with Gasteiger partial charge in [-0.3, -0.25) is 0 Å². The van der Waals surface area contributed by atoms with Crippen LogP contribution in [0.25, 0.3) is 0 Å². The van der Waals surface area contributed by atoms with Gasteiger partial charge in [0.05, 0.1) is 0 Å². The average molecular weight is 185 g/mol. The molecule has 2 atom stereocenters.